The summed E-state index contributed by atoms with van der Waals surface area (Å²) in [5.41, 5.74) is 4.52. The molecule has 5 nitrogen and oxygen atoms in total. The Labute approximate surface area is 106 Å². The Hall–Kier alpha value is -1.89. The van der Waals surface area contributed by atoms with Gasteiger partial charge in [0.2, 0.25) is 5.91 Å². The fraction of sp³-hybridized carbons (Fsp3) is 0.200. The molecule has 1 atom stereocenters. The van der Waals surface area contributed by atoms with Gasteiger partial charge in [-0.25, -0.2) is 13.6 Å². The van der Waals surface area contributed by atoms with Crippen LogP contribution in [0.5, 0.6) is 0 Å². The molecule has 1 rings (SSSR count). The number of imide groups is 1. The molecule has 1 unspecified atom stereocenters. The van der Waals surface area contributed by atoms with E-state index in [-0.39, 0.29) is 10.7 Å². The molecule has 0 aliphatic heterocycles. The topological polar surface area (TPSA) is 84.2 Å². The molecule has 18 heavy (non-hydrogen) atoms. The average Bonchev–Trinajstić information content (AvgIpc) is 2.21. The van der Waals surface area contributed by atoms with Crippen LogP contribution in [0.15, 0.2) is 12.1 Å². The van der Waals surface area contributed by atoms with Gasteiger partial charge >= 0.3 is 6.03 Å². The van der Waals surface area contributed by atoms with Gasteiger partial charge in [0.05, 0.1) is 10.7 Å². The molecule has 98 valence electrons. The summed E-state index contributed by atoms with van der Waals surface area (Å²) in [7, 11) is 0. The van der Waals surface area contributed by atoms with Crippen LogP contribution in [0, 0.1) is 11.6 Å². The van der Waals surface area contributed by atoms with Crippen LogP contribution in [0.25, 0.3) is 0 Å². The molecule has 4 N–H and O–H groups in total. The van der Waals surface area contributed by atoms with E-state index in [2.05, 4.69) is 5.32 Å². The van der Waals surface area contributed by atoms with E-state index in [0.29, 0.717) is 6.07 Å². The summed E-state index contributed by atoms with van der Waals surface area (Å²) >= 11 is 5.62. The number of hydrogen-bond donors (Lipinski definition) is 3. The van der Waals surface area contributed by atoms with Gasteiger partial charge in [-0.15, -0.1) is 0 Å². The zero-order valence-corrected chi connectivity index (χ0v) is 10.0. The number of rotatable bonds is 3. The van der Waals surface area contributed by atoms with Crippen LogP contribution < -0.4 is 16.4 Å². The molecule has 0 aromatic heterocycles. The van der Waals surface area contributed by atoms with Gasteiger partial charge in [-0.1, -0.05) is 11.6 Å². The third-order valence-corrected chi connectivity index (χ3v) is 2.31. The first-order valence-electron chi connectivity index (χ1n) is 4.82. The maximum atomic E-state index is 13.4. The normalized spacial score (nSPS) is 11.8. The summed E-state index contributed by atoms with van der Waals surface area (Å²) in [6.07, 6.45) is 0. The maximum Gasteiger partial charge on any atom is 0.318 e. The maximum absolute atomic E-state index is 13.4. The van der Waals surface area contributed by atoms with Gasteiger partial charge in [0, 0.05) is 6.07 Å². The lowest BCUT2D eigenvalue weighted by Crippen LogP contribution is -2.43. The Balaban J connectivity index is 2.85. The Kier molecular flexibility index (Phi) is 4.43. The van der Waals surface area contributed by atoms with E-state index in [1.54, 1.807) is 0 Å². The van der Waals surface area contributed by atoms with E-state index in [1.165, 1.54) is 6.92 Å². The minimum absolute atomic E-state index is 0.216. The van der Waals surface area contributed by atoms with Gasteiger partial charge in [-0.2, -0.15) is 0 Å². The Morgan fingerprint density at radius 3 is 2.50 bits per heavy atom. The Bertz CT molecular complexity index is 473. The first-order valence-corrected chi connectivity index (χ1v) is 5.20. The van der Waals surface area contributed by atoms with Gasteiger partial charge in [0.15, 0.2) is 5.82 Å². The number of benzene rings is 1. The van der Waals surface area contributed by atoms with E-state index >= 15 is 0 Å². The zero-order valence-electron chi connectivity index (χ0n) is 9.26. The lowest BCUT2D eigenvalue weighted by molar-refractivity contribution is -0.120. The molecule has 8 heteroatoms. The van der Waals surface area contributed by atoms with Crippen LogP contribution in [-0.2, 0) is 4.79 Å². The number of nitrogens with two attached hydrogens (primary N) is 1. The van der Waals surface area contributed by atoms with Crippen LogP contribution in [0.4, 0.5) is 19.3 Å². The SMILES string of the molecule is CC(Nc1c(F)cc(F)cc1Cl)C(=O)NC(N)=O. The number of carbonyl (C=O) groups is 2. The molecule has 0 bridgehead atoms. The third-order valence-electron chi connectivity index (χ3n) is 2.01. The third kappa shape index (κ3) is 3.56. The molecule has 1 aromatic carbocycles. The molecule has 1 aromatic rings. The molecule has 0 aliphatic carbocycles. The van der Waals surface area contributed by atoms with Crippen LogP contribution in [0.2, 0.25) is 5.02 Å². The smallest absolute Gasteiger partial charge is 0.318 e. The molecule has 0 fully saturated rings. The first-order chi connectivity index (χ1) is 8.31. The van der Waals surface area contributed by atoms with Crippen LogP contribution in [0.1, 0.15) is 6.92 Å². The molecule has 0 saturated heterocycles. The second-order valence-corrected chi connectivity index (χ2v) is 3.87. The average molecular weight is 278 g/mol. The van der Waals surface area contributed by atoms with Crippen LogP contribution >= 0.6 is 11.6 Å². The Morgan fingerprint density at radius 1 is 1.39 bits per heavy atom. The molecular formula is C10H10ClF2N3O2. The lowest BCUT2D eigenvalue weighted by atomic mass is 10.2. The second-order valence-electron chi connectivity index (χ2n) is 3.46. The minimum Gasteiger partial charge on any atom is -0.370 e. The molecule has 3 amide bonds. The first kappa shape index (κ1) is 14.2. The van der Waals surface area contributed by atoms with Crippen molar-refractivity contribution < 1.29 is 18.4 Å². The summed E-state index contributed by atoms with van der Waals surface area (Å²) < 4.78 is 26.2. The van der Waals surface area contributed by atoms with Crippen molar-refractivity contribution in [2.75, 3.05) is 5.32 Å². The van der Waals surface area contributed by atoms with Crippen LogP contribution in [-0.4, -0.2) is 18.0 Å². The van der Waals surface area contributed by atoms with E-state index in [9.17, 15) is 18.4 Å². The van der Waals surface area contributed by atoms with E-state index in [1.807, 2.05) is 5.32 Å². The number of anilines is 1. The van der Waals surface area contributed by atoms with E-state index in [0.717, 1.165) is 6.07 Å². The number of hydrogen-bond acceptors (Lipinski definition) is 3. The number of primary amides is 1. The van der Waals surface area contributed by atoms with Crippen molar-refractivity contribution in [2.24, 2.45) is 5.73 Å². The van der Waals surface area contributed by atoms with Crippen molar-refractivity contribution in [3.8, 4) is 0 Å². The molecule has 0 heterocycles. The van der Waals surface area contributed by atoms with Crippen molar-refractivity contribution in [1.29, 1.82) is 0 Å². The predicted octanol–water partition coefficient (Wildman–Crippen LogP) is 1.61. The number of carbonyl (C=O) groups excluding carboxylic acids is 2. The highest BCUT2D eigenvalue weighted by atomic mass is 35.5. The van der Waals surface area contributed by atoms with Gasteiger partial charge in [0.1, 0.15) is 11.9 Å². The molecule has 0 aliphatic rings. The fourth-order valence-electron chi connectivity index (χ4n) is 1.19. The minimum atomic E-state index is -1.03. The summed E-state index contributed by atoms with van der Waals surface area (Å²) in [5.74, 6) is -2.54. The fourth-order valence-corrected chi connectivity index (χ4v) is 1.44. The summed E-state index contributed by atoms with van der Waals surface area (Å²) in [5, 5.41) is 4.01. The number of urea groups is 1. The predicted molar refractivity (Wildman–Crippen MR) is 62.2 cm³/mol. The van der Waals surface area contributed by atoms with Gasteiger partial charge in [-0.05, 0) is 13.0 Å². The highest BCUT2D eigenvalue weighted by Crippen LogP contribution is 2.26. The molecule has 0 saturated carbocycles. The monoisotopic (exact) mass is 277 g/mol. The lowest BCUT2D eigenvalue weighted by Gasteiger charge is -2.15. The number of halogens is 3. The highest BCUT2D eigenvalue weighted by Gasteiger charge is 2.18. The standard InChI is InChI=1S/C10H10ClF2N3O2/c1-4(9(17)16-10(14)18)15-8-6(11)2-5(12)3-7(8)13/h2-4,15H,1H3,(H3,14,16,17,18). The summed E-state index contributed by atoms with van der Waals surface area (Å²) in [4.78, 5) is 21.8. The highest BCUT2D eigenvalue weighted by molar-refractivity contribution is 6.33. The number of nitrogens with one attached hydrogen (secondary N) is 2. The van der Waals surface area contributed by atoms with E-state index < -0.39 is 29.6 Å². The van der Waals surface area contributed by atoms with Crippen LogP contribution in [0.3, 0.4) is 0 Å². The van der Waals surface area contributed by atoms with Crippen molar-refractivity contribution in [1.82, 2.24) is 5.32 Å². The summed E-state index contributed by atoms with van der Waals surface area (Å²) in [6, 6.07) is -0.493. The van der Waals surface area contributed by atoms with E-state index in [4.69, 9.17) is 17.3 Å². The Morgan fingerprint density at radius 2 is 2.00 bits per heavy atom. The molecular weight excluding hydrogens is 268 g/mol. The van der Waals surface area contributed by atoms with Gasteiger partial charge < -0.3 is 11.1 Å². The van der Waals surface area contributed by atoms with Crippen molar-refractivity contribution in [3.05, 3.63) is 28.8 Å². The second kappa shape index (κ2) is 5.63. The zero-order chi connectivity index (χ0) is 13.9. The summed E-state index contributed by atoms with van der Waals surface area (Å²) in [6.45, 7) is 1.36. The quantitative estimate of drug-likeness (QED) is 0.785. The van der Waals surface area contributed by atoms with Gasteiger partial charge in [-0.3, -0.25) is 10.1 Å². The van der Waals surface area contributed by atoms with Gasteiger partial charge in [0.25, 0.3) is 0 Å². The largest absolute Gasteiger partial charge is 0.370 e. The van der Waals surface area contributed by atoms with Crippen molar-refractivity contribution >= 4 is 29.2 Å². The molecule has 0 spiro atoms. The van der Waals surface area contributed by atoms with Crippen molar-refractivity contribution in [2.45, 2.75) is 13.0 Å². The molecule has 0 radical (unpaired) electrons. The number of amides is 3. The van der Waals surface area contributed by atoms with Crippen molar-refractivity contribution in [3.63, 3.8) is 0 Å².